The number of pyridine rings is 1. The van der Waals surface area contributed by atoms with Crippen LogP contribution in [0.15, 0.2) is 122 Å². The molecule has 0 aliphatic carbocycles. The molecule has 0 unspecified atom stereocenters. The zero-order valence-corrected chi connectivity index (χ0v) is 19.8. The fourth-order valence-corrected chi connectivity index (χ4v) is 4.37. The number of anilines is 1. The highest BCUT2D eigenvalue weighted by Crippen LogP contribution is 2.28. The predicted molar refractivity (Wildman–Crippen MR) is 143 cm³/mol. The van der Waals surface area contributed by atoms with Crippen LogP contribution >= 0.6 is 0 Å². The van der Waals surface area contributed by atoms with E-state index in [9.17, 15) is 4.79 Å². The molecule has 1 N–H and O–H groups in total. The smallest absolute Gasteiger partial charge is 0.236 e. The van der Waals surface area contributed by atoms with Crippen molar-refractivity contribution < 1.29 is 4.79 Å². The van der Waals surface area contributed by atoms with E-state index in [-0.39, 0.29) is 5.91 Å². The Hall–Kier alpha value is -5.17. The number of hydrogen-bond donors (Lipinski definition) is 1. The number of carbonyl (C=O) groups is 1. The van der Waals surface area contributed by atoms with Crippen molar-refractivity contribution in [3.8, 4) is 22.6 Å². The Labute approximate surface area is 213 Å². The maximum Gasteiger partial charge on any atom is 0.236 e. The number of rotatable bonds is 6. The highest BCUT2D eigenvalue weighted by atomic mass is 16.1. The van der Waals surface area contributed by atoms with Gasteiger partial charge in [0.25, 0.3) is 0 Å². The molecule has 7 heteroatoms. The van der Waals surface area contributed by atoms with Crippen molar-refractivity contribution in [3.63, 3.8) is 0 Å². The molecule has 178 valence electrons. The SMILES string of the molecule is O=C(Nc1cccc(-c2ccc3nnc(-c4cccnc4)n3n2)c1)C(c1ccccc1)c1ccccc1. The molecule has 0 radical (unpaired) electrons. The van der Waals surface area contributed by atoms with E-state index in [2.05, 4.69) is 20.5 Å². The fraction of sp³-hybridized carbons (Fsp3) is 0.0333. The van der Waals surface area contributed by atoms with Crippen molar-refractivity contribution >= 4 is 17.2 Å². The zero-order valence-electron chi connectivity index (χ0n) is 19.8. The van der Waals surface area contributed by atoms with Crippen LogP contribution in [0.2, 0.25) is 0 Å². The molecular weight excluding hydrogens is 460 g/mol. The maximum atomic E-state index is 13.5. The number of carbonyl (C=O) groups excluding carboxylic acids is 1. The van der Waals surface area contributed by atoms with Crippen LogP contribution in [-0.2, 0) is 4.79 Å². The van der Waals surface area contributed by atoms with Crippen LogP contribution in [0.5, 0.6) is 0 Å². The Kier molecular flexibility index (Phi) is 5.93. The molecule has 0 spiro atoms. The topological polar surface area (TPSA) is 85.1 Å². The van der Waals surface area contributed by atoms with Crippen LogP contribution in [0.4, 0.5) is 5.69 Å². The van der Waals surface area contributed by atoms with Gasteiger partial charge in [-0.25, -0.2) is 0 Å². The average molecular weight is 483 g/mol. The Morgan fingerprint density at radius 3 is 2.16 bits per heavy atom. The zero-order chi connectivity index (χ0) is 25.0. The van der Waals surface area contributed by atoms with Gasteiger partial charge in [0.1, 0.15) is 0 Å². The molecule has 6 aromatic rings. The molecule has 37 heavy (non-hydrogen) atoms. The normalized spacial score (nSPS) is 11.1. The molecule has 3 aromatic heterocycles. The molecule has 0 aliphatic rings. The largest absolute Gasteiger partial charge is 0.325 e. The lowest BCUT2D eigenvalue weighted by Crippen LogP contribution is -2.22. The van der Waals surface area contributed by atoms with Gasteiger partial charge < -0.3 is 5.32 Å². The minimum Gasteiger partial charge on any atom is -0.325 e. The number of benzene rings is 3. The molecule has 6 rings (SSSR count). The number of nitrogens with one attached hydrogen (secondary N) is 1. The molecule has 1 amide bonds. The van der Waals surface area contributed by atoms with Gasteiger partial charge in [0.2, 0.25) is 5.91 Å². The Morgan fingerprint density at radius 2 is 1.46 bits per heavy atom. The molecule has 0 saturated carbocycles. The van der Waals surface area contributed by atoms with Gasteiger partial charge in [-0.2, -0.15) is 9.61 Å². The van der Waals surface area contributed by atoms with Crippen LogP contribution < -0.4 is 5.32 Å². The lowest BCUT2D eigenvalue weighted by molar-refractivity contribution is -0.116. The number of nitrogens with zero attached hydrogens (tertiary/aromatic N) is 5. The van der Waals surface area contributed by atoms with Crippen molar-refractivity contribution in [3.05, 3.63) is 133 Å². The van der Waals surface area contributed by atoms with Gasteiger partial charge in [0.15, 0.2) is 11.5 Å². The Bertz CT molecular complexity index is 1630. The second-order valence-corrected chi connectivity index (χ2v) is 8.58. The third kappa shape index (κ3) is 4.58. The Morgan fingerprint density at radius 1 is 0.730 bits per heavy atom. The van der Waals surface area contributed by atoms with Gasteiger partial charge in [-0.15, -0.1) is 10.2 Å². The molecule has 0 aliphatic heterocycles. The minimum atomic E-state index is -0.431. The summed E-state index contributed by atoms with van der Waals surface area (Å²) >= 11 is 0. The summed E-state index contributed by atoms with van der Waals surface area (Å²) in [5.41, 5.74) is 5.62. The van der Waals surface area contributed by atoms with E-state index < -0.39 is 5.92 Å². The van der Waals surface area contributed by atoms with Gasteiger partial charge >= 0.3 is 0 Å². The third-order valence-corrected chi connectivity index (χ3v) is 6.14. The summed E-state index contributed by atoms with van der Waals surface area (Å²) in [6.45, 7) is 0. The molecule has 0 atom stereocenters. The van der Waals surface area contributed by atoms with Crippen molar-refractivity contribution in [2.75, 3.05) is 5.32 Å². The number of hydrogen-bond acceptors (Lipinski definition) is 5. The predicted octanol–water partition coefficient (Wildman–Crippen LogP) is 5.62. The maximum absolute atomic E-state index is 13.5. The summed E-state index contributed by atoms with van der Waals surface area (Å²) in [7, 11) is 0. The fourth-order valence-electron chi connectivity index (χ4n) is 4.37. The first-order valence-corrected chi connectivity index (χ1v) is 11.9. The van der Waals surface area contributed by atoms with Crippen molar-refractivity contribution in [1.82, 2.24) is 24.8 Å². The molecule has 3 heterocycles. The Balaban J connectivity index is 1.32. The van der Waals surface area contributed by atoms with Crippen LogP contribution in [0.25, 0.3) is 28.3 Å². The van der Waals surface area contributed by atoms with E-state index in [1.807, 2.05) is 109 Å². The molecule has 3 aromatic carbocycles. The van der Waals surface area contributed by atoms with E-state index in [1.54, 1.807) is 16.9 Å². The van der Waals surface area contributed by atoms with Gasteiger partial charge in [-0.3, -0.25) is 9.78 Å². The van der Waals surface area contributed by atoms with Crippen molar-refractivity contribution in [1.29, 1.82) is 0 Å². The summed E-state index contributed by atoms with van der Waals surface area (Å²) in [6, 6.07) is 34.8. The van der Waals surface area contributed by atoms with Gasteiger partial charge in [0, 0.05) is 29.2 Å². The summed E-state index contributed by atoms with van der Waals surface area (Å²) in [4.78, 5) is 17.7. The van der Waals surface area contributed by atoms with Crippen molar-refractivity contribution in [2.45, 2.75) is 5.92 Å². The molecular formula is C30H22N6O. The van der Waals surface area contributed by atoms with Crippen LogP contribution in [0, 0.1) is 0 Å². The first-order chi connectivity index (χ1) is 18.3. The first-order valence-electron chi connectivity index (χ1n) is 11.9. The van der Waals surface area contributed by atoms with E-state index >= 15 is 0 Å². The summed E-state index contributed by atoms with van der Waals surface area (Å²) < 4.78 is 1.71. The molecule has 7 nitrogen and oxygen atoms in total. The number of aromatic nitrogens is 5. The lowest BCUT2D eigenvalue weighted by atomic mass is 9.90. The monoisotopic (exact) mass is 482 g/mol. The quantitative estimate of drug-likeness (QED) is 0.333. The highest BCUT2D eigenvalue weighted by Gasteiger charge is 2.23. The lowest BCUT2D eigenvalue weighted by Gasteiger charge is -2.18. The molecule has 0 bridgehead atoms. The van der Waals surface area contributed by atoms with Gasteiger partial charge in [-0.05, 0) is 47.5 Å². The summed E-state index contributed by atoms with van der Waals surface area (Å²) in [5.74, 6) is 0.0817. The molecule has 0 fully saturated rings. The third-order valence-electron chi connectivity index (χ3n) is 6.14. The minimum absolute atomic E-state index is 0.101. The van der Waals surface area contributed by atoms with E-state index in [4.69, 9.17) is 5.10 Å². The second-order valence-electron chi connectivity index (χ2n) is 8.58. The standard InChI is InChI=1S/C30H22N6O/c37-30(28(21-9-3-1-4-10-21)22-11-5-2-6-12-22)32-25-15-7-13-23(19-25)26-16-17-27-33-34-29(36(27)35-26)24-14-8-18-31-20-24/h1-20,28H,(H,32,37). The van der Waals surface area contributed by atoms with Crippen LogP contribution in [-0.4, -0.2) is 30.7 Å². The second kappa shape index (κ2) is 9.83. The number of fused-ring (bicyclic) bond motifs is 1. The van der Waals surface area contributed by atoms with Gasteiger partial charge in [0.05, 0.1) is 11.6 Å². The van der Waals surface area contributed by atoms with Gasteiger partial charge in [-0.1, -0.05) is 72.8 Å². The summed E-state index contributed by atoms with van der Waals surface area (Å²) in [5, 5.41) is 16.4. The van der Waals surface area contributed by atoms with Crippen molar-refractivity contribution in [2.24, 2.45) is 0 Å². The highest BCUT2D eigenvalue weighted by molar-refractivity contribution is 5.98. The van der Waals surface area contributed by atoms with E-state index in [0.29, 0.717) is 17.2 Å². The van der Waals surface area contributed by atoms with E-state index in [1.165, 1.54) is 0 Å². The first kappa shape index (κ1) is 22.3. The molecule has 0 saturated heterocycles. The number of amides is 1. The van der Waals surface area contributed by atoms with E-state index in [0.717, 1.165) is 27.9 Å². The van der Waals surface area contributed by atoms with Crippen LogP contribution in [0.3, 0.4) is 0 Å². The summed E-state index contributed by atoms with van der Waals surface area (Å²) in [6.07, 6.45) is 3.45. The average Bonchev–Trinajstić information content (AvgIpc) is 3.38. The van der Waals surface area contributed by atoms with Crippen LogP contribution in [0.1, 0.15) is 17.0 Å².